The van der Waals surface area contributed by atoms with Gasteiger partial charge in [-0.1, -0.05) is 36.3 Å². The maximum atomic E-state index is 13.1. The first-order chi connectivity index (χ1) is 16.2. The molecule has 0 aromatic carbocycles. The largest absolute Gasteiger partial charge is 0.463 e. The van der Waals surface area contributed by atoms with Gasteiger partial charge >= 0.3 is 5.97 Å². The molecular weight excluding hydrogens is 424 g/mol. The summed E-state index contributed by atoms with van der Waals surface area (Å²) in [7, 11) is 0. The van der Waals surface area contributed by atoms with Gasteiger partial charge in [0.05, 0.1) is 18.8 Å². The summed E-state index contributed by atoms with van der Waals surface area (Å²) >= 11 is 0. The van der Waals surface area contributed by atoms with Crippen LogP contribution in [0.25, 0.3) is 0 Å². The van der Waals surface area contributed by atoms with Crippen LogP contribution >= 0.6 is 0 Å². The van der Waals surface area contributed by atoms with Gasteiger partial charge in [0.2, 0.25) is 0 Å². The molecule has 0 aliphatic heterocycles. The zero-order chi connectivity index (χ0) is 24.6. The molecule has 4 rings (SSSR count). The van der Waals surface area contributed by atoms with E-state index in [2.05, 4.69) is 39.0 Å². The lowest BCUT2D eigenvalue weighted by molar-refractivity contribution is -0.140. The van der Waals surface area contributed by atoms with Crippen molar-refractivity contribution in [3.63, 3.8) is 0 Å². The van der Waals surface area contributed by atoms with Crippen molar-refractivity contribution >= 4 is 5.97 Å². The van der Waals surface area contributed by atoms with Crippen LogP contribution in [-0.4, -0.2) is 35.0 Å². The second-order valence-corrected chi connectivity index (χ2v) is 12.0. The zero-order valence-corrected chi connectivity index (χ0v) is 21.9. The number of rotatable bonds is 6. The van der Waals surface area contributed by atoms with E-state index < -0.39 is 0 Å². The highest BCUT2D eigenvalue weighted by atomic mass is 16.5. The molecule has 4 aliphatic carbocycles. The molecule has 4 heteroatoms. The van der Waals surface area contributed by atoms with Gasteiger partial charge < -0.3 is 14.9 Å². The Bertz CT molecular complexity index is 837. The van der Waals surface area contributed by atoms with Gasteiger partial charge in [-0.15, -0.1) is 0 Å². The van der Waals surface area contributed by atoms with Crippen LogP contribution in [-0.2, 0) is 9.53 Å². The van der Waals surface area contributed by atoms with E-state index >= 15 is 0 Å². The molecule has 0 bridgehead atoms. The third-order valence-corrected chi connectivity index (χ3v) is 9.40. The fourth-order valence-electron chi connectivity index (χ4n) is 7.86. The molecule has 0 amide bonds. The van der Waals surface area contributed by atoms with E-state index in [0.717, 1.165) is 50.5 Å². The second kappa shape index (κ2) is 10.7. The minimum atomic E-state index is -0.388. The van der Waals surface area contributed by atoms with Gasteiger partial charge in [0.15, 0.2) is 0 Å². The molecule has 10 unspecified atom stereocenters. The molecular formula is C30H46O4. The Morgan fingerprint density at radius 1 is 1.18 bits per heavy atom. The highest BCUT2D eigenvalue weighted by Crippen LogP contribution is 2.55. The smallest absolute Gasteiger partial charge is 0.334 e. The second-order valence-electron chi connectivity index (χ2n) is 12.0. The summed E-state index contributed by atoms with van der Waals surface area (Å²) in [6.45, 7) is 10.7. The number of carbonyl (C=O) groups excluding carboxylic acids is 1. The van der Waals surface area contributed by atoms with Gasteiger partial charge in [-0.25, -0.2) is 4.79 Å². The fraction of sp³-hybridized carbons (Fsp3) is 0.767. The van der Waals surface area contributed by atoms with Crippen LogP contribution in [0.4, 0.5) is 0 Å². The number of aliphatic hydroxyl groups excluding tert-OH is 2. The van der Waals surface area contributed by atoms with E-state index in [4.69, 9.17) is 4.74 Å². The van der Waals surface area contributed by atoms with E-state index in [1.54, 1.807) is 0 Å². The molecule has 4 aliphatic rings. The fourth-order valence-corrected chi connectivity index (χ4v) is 7.86. The van der Waals surface area contributed by atoms with Gasteiger partial charge in [-0.3, -0.25) is 0 Å². The normalized spacial score (nSPS) is 41.1. The van der Waals surface area contributed by atoms with Crippen molar-refractivity contribution in [2.75, 3.05) is 6.61 Å². The molecule has 0 aromatic heterocycles. The molecule has 34 heavy (non-hydrogen) atoms. The molecule has 0 saturated heterocycles. The Labute approximate surface area is 206 Å². The summed E-state index contributed by atoms with van der Waals surface area (Å²) < 4.78 is 5.54. The lowest BCUT2D eigenvalue weighted by atomic mass is 9.63. The molecule has 0 aromatic rings. The van der Waals surface area contributed by atoms with Crippen LogP contribution in [0.2, 0.25) is 0 Å². The maximum absolute atomic E-state index is 13.1. The Morgan fingerprint density at radius 3 is 2.59 bits per heavy atom. The van der Waals surface area contributed by atoms with E-state index in [1.165, 1.54) is 11.1 Å². The minimum absolute atomic E-state index is 0.0513. The molecule has 1 saturated carbocycles. The summed E-state index contributed by atoms with van der Waals surface area (Å²) in [6, 6.07) is 0. The Hall–Kier alpha value is -1.39. The lowest BCUT2D eigenvalue weighted by Gasteiger charge is -2.42. The monoisotopic (exact) mass is 470 g/mol. The standard InChI is InChI=1S/C30H46O4/c1-6-34-30(33)26-19(4)13-24-16-25(15-21-11-18(3)12-23(14-21)20(5)31)29(32)28(24)27(26)22-9-7-17(2)8-10-22/h7,9,11,17,20-25,27-29,31-32H,6,8,10,12-16H2,1-5H3. The number of allylic oxidation sites excluding steroid dienone is 5. The van der Waals surface area contributed by atoms with Crippen LogP contribution in [0, 0.1) is 47.3 Å². The van der Waals surface area contributed by atoms with E-state index in [0.29, 0.717) is 36.2 Å². The van der Waals surface area contributed by atoms with E-state index in [-0.39, 0.29) is 35.9 Å². The predicted octanol–water partition coefficient (Wildman–Crippen LogP) is 5.84. The number of aliphatic hydroxyl groups is 2. The highest BCUT2D eigenvalue weighted by Gasteiger charge is 2.53. The van der Waals surface area contributed by atoms with Crippen molar-refractivity contribution in [1.82, 2.24) is 0 Å². The summed E-state index contributed by atoms with van der Waals surface area (Å²) in [4.78, 5) is 13.1. The van der Waals surface area contributed by atoms with Crippen molar-refractivity contribution in [3.8, 4) is 0 Å². The van der Waals surface area contributed by atoms with Crippen LogP contribution in [0.3, 0.4) is 0 Å². The number of esters is 1. The van der Waals surface area contributed by atoms with Crippen molar-refractivity contribution in [1.29, 1.82) is 0 Å². The van der Waals surface area contributed by atoms with Gasteiger partial charge in [-0.05, 0) is 114 Å². The van der Waals surface area contributed by atoms with Crippen LogP contribution in [0.1, 0.15) is 79.6 Å². The quantitative estimate of drug-likeness (QED) is 0.378. The van der Waals surface area contributed by atoms with Crippen molar-refractivity contribution in [3.05, 3.63) is 34.9 Å². The summed E-state index contributed by atoms with van der Waals surface area (Å²) in [5.74, 6) is 2.29. The molecule has 190 valence electrons. The maximum Gasteiger partial charge on any atom is 0.334 e. The molecule has 0 radical (unpaired) electrons. The molecule has 0 heterocycles. The predicted molar refractivity (Wildman–Crippen MR) is 136 cm³/mol. The van der Waals surface area contributed by atoms with E-state index in [1.807, 2.05) is 13.8 Å². The SMILES string of the molecule is CCOC(=O)C1=C(C)CC2CC(CC3C=C(C)CC(C(C)O)C3)C(O)C2C1C1C=CC(C)CC1. The Morgan fingerprint density at radius 2 is 1.94 bits per heavy atom. The molecule has 4 nitrogen and oxygen atoms in total. The van der Waals surface area contributed by atoms with Crippen molar-refractivity contribution < 1.29 is 19.7 Å². The number of fused-ring (bicyclic) bond motifs is 1. The molecule has 10 atom stereocenters. The third kappa shape index (κ3) is 5.23. The van der Waals surface area contributed by atoms with Crippen LogP contribution in [0.15, 0.2) is 34.9 Å². The number of ether oxygens (including phenoxy) is 1. The Balaban J connectivity index is 1.59. The number of hydrogen-bond donors (Lipinski definition) is 2. The third-order valence-electron chi connectivity index (χ3n) is 9.40. The summed E-state index contributed by atoms with van der Waals surface area (Å²) in [5.41, 5.74) is 3.40. The van der Waals surface area contributed by atoms with Gasteiger partial charge in [0, 0.05) is 11.5 Å². The summed E-state index contributed by atoms with van der Waals surface area (Å²) in [5, 5.41) is 22.0. The van der Waals surface area contributed by atoms with Crippen molar-refractivity contribution in [2.24, 2.45) is 47.3 Å². The highest BCUT2D eigenvalue weighted by molar-refractivity contribution is 5.90. The number of hydrogen-bond acceptors (Lipinski definition) is 4. The molecule has 1 fully saturated rings. The average Bonchev–Trinajstić information content (AvgIpc) is 3.07. The Kier molecular flexibility index (Phi) is 8.09. The number of carbonyl (C=O) groups is 1. The van der Waals surface area contributed by atoms with Gasteiger partial charge in [0.25, 0.3) is 0 Å². The van der Waals surface area contributed by atoms with Crippen LogP contribution in [0.5, 0.6) is 0 Å². The first-order valence-electron chi connectivity index (χ1n) is 13.8. The summed E-state index contributed by atoms with van der Waals surface area (Å²) in [6.07, 6.45) is 13.4. The molecule has 0 spiro atoms. The zero-order valence-electron chi connectivity index (χ0n) is 21.9. The molecule has 2 N–H and O–H groups in total. The minimum Gasteiger partial charge on any atom is -0.463 e. The lowest BCUT2D eigenvalue weighted by Crippen LogP contribution is -2.41. The first kappa shape index (κ1) is 25.7. The van der Waals surface area contributed by atoms with Crippen molar-refractivity contribution in [2.45, 2.75) is 91.8 Å². The average molecular weight is 471 g/mol. The van der Waals surface area contributed by atoms with Crippen LogP contribution < -0.4 is 0 Å². The van der Waals surface area contributed by atoms with Gasteiger partial charge in [0.1, 0.15) is 0 Å². The first-order valence-corrected chi connectivity index (χ1v) is 13.8. The topological polar surface area (TPSA) is 66.8 Å². The van der Waals surface area contributed by atoms with Gasteiger partial charge in [-0.2, -0.15) is 0 Å². The van der Waals surface area contributed by atoms with E-state index in [9.17, 15) is 15.0 Å².